The van der Waals surface area contributed by atoms with E-state index in [0.717, 1.165) is 102 Å². The van der Waals surface area contributed by atoms with Gasteiger partial charge < -0.3 is 49.3 Å². The minimum Gasteiger partial charge on any atom is -0.508 e. The van der Waals surface area contributed by atoms with E-state index >= 15 is 4.39 Å². The number of carbonyl (C=O) groups is 3. The highest BCUT2D eigenvalue weighted by atomic mass is 32.1. The van der Waals surface area contributed by atoms with Gasteiger partial charge in [-0.05, 0) is 124 Å². The van der Waals surface area contributed by atoms with Crippen LogP contribution >= 0.6 is 11.3 Å². The Morgan fingerprint density at radius 1 is 0.907 bits per heavy atom. The molecule has 86 heavy (non-hydrogen) atoms. The largest absolute Gasteiger partial charge is 0.508 e. The van der Waals surface area contributed by atoms with Crippen molar-refractivity contribution in [1.82, 2.24) is 50.4 Å². The molecule has 6 aliphatic rings. The smallest absolute Gasteiger partial charge is 0.318 e. The number of likely N-dealkylation sites (tertiary alicyclic amines) is 1. The average Bonchev–Trinajstić information content (AvgIpc) is 1.58. The van der Waals surface area contributed by atoms with Crippen LogP contribution in [0.15, 0.2) is 76.9 Å². The standard InChI is InChI=1S/C30H38N6O4S.C26H26FN5O2.C9H17NO/c1-19(2)27(25-16-26(33-40-25)35-14-12-34(18-37)13-15-35)30(39)36-11-5-6-24(36)29(38)32-20(3)22-7-9-23(10-8-22)28-21(4)31-17-41-28;1-3-14-5-4-6-15-9-18(33)10-19(21(14)15)23-22(27)24-20(11-28-23)25(31-26(30-24)34-2)32-12-16-7-8-17(13-32)29-16;1-11-7-9-5-4-8-3-2-6-10(8)9/h7-10,16-20,24,27H,5-6,11-15H2,1-4H3,(H,32,38);4-6,9-11,16-17,29,33H,3,7-8,12-13H2,1-2H3;8-9H,2-7H2,1H3. The molecule has 13 rings (SSSR count). The number of hydrogen-bond donors (Lipinski definition) is 3. The molecule has 3 aromatic carbocycles. The molecular weight excluding hydrogens is 1110 g/mol. The van der Waals surface area contributed by atoms with E-state index in [0.29, 0.717) is 79.6 Å². The number of rotatable bonds is 15. The normalized spacial score (nSPS) is 21.7. The number of benzene rings is 3. The van der Waals surface area contributed by atoms with E-state index < -0.39 is 17.8 Å². The van der Waals surface area contributed by atoms with Crippen LogP contribution < -0.4 is 25.2 Å². The molecule has 0 aliphatic carbocycles. The number of fused-ring (bicyclic) bond motifs is 5. The van der Waals surface area contributed by atoms with Gasteiger partial charge in [0.25, 0.3) is 0 Å². The Kier molecular flexibility index (Phi) is 18.8. The van der Waals surface area contributed by atoms with Crippen molar-refractivity contribution in [1.29, 1.82) is 0 Å². The molecule has 6 aliphatic heterocycles. The van der Waals surface area contributed by atoms with Gasteiger partial charge in [0.15, 0.2) is 17.4 Å². The van der Waals surface area contributed by atoms with Crippen molar-refractivity contribution in [3.05, 3.63) is 101 Å². The molecule has 4 aromatic heterocycles. The van der Waals surface area contributed by atoms with Crippen molar-refractivity contribution < 1.29 is 37.9 Å². The van der Waals surface area contributed by atoms with Crippen LogP contribution in [0.1, 0.15) is 114 Å². The molecule has 10 heterocycles. The first-order valence-electron chi connectivity index (χ1n) is 30.7. The van der Waals surface area contributed by atoms with E-state index in [1.54, 1.807) is 39.5 Å². The number of carbonyl (C=O) groups excluding carboxylic acids is 3. The van der Waals surface area contributed by atoms with E-state index in [-0.39, 0.29) is 46.7 Å². The molecule has 0 spiro atoms. The van der Waals surface area contributed by atoms with E-state index in [4.69, 9.17) is 14.0 Å². The summed E-state index contributed by atoms with van der Waals surface area (Å²) in [5.74, 6) is 0.513. The lowest BCUT2D eigenvalue weighted by Gasteiger charge is -2.34. The van der Waals surface area contributed by atoms with Crippen LogP contribution in [0.3, 0.4) is 0 Å². The van der Waals surface area contributed by atoms with Crippen LogP contribution in [-0.2, 0) is 25.5 Å². The van der Waals surface area contributed by atoms with Gasteiger partial charge in [0.1, 0.15) is 34.7 Å². The number of aromatic hydroxyl groups is 1. The number of nitrogens with one attached hydrogen (secondary N) is 2. The SMILES string of the molecule is CCc1cccc2cc(O)cc(-c3ncc4c(N5CC6CCC(C5)N6)nc(OC)nc4c3F)c12.COCC1CCC2CCCN21.Cc1ncsc1-c1ccc(C(C)NC(=O)C2CCCN2C(=O)C(c2cc(N3CCN(C=O)CC3)no2)C(C)C)cc1. The lowest BCUT2D eigenvalue weighted by molar-refractivity contribution is -0.141. The Morgan fingerprint density at radius 3 is 2.37 bits per heavy atom. The molecule has 6 saturated heterocycles. The van der Waals surface area contributed by atoms with Crippen LogP contribution in [0.25, 0.3) is 43.4 Å². The van der Waals surface area contributed by atoms with Crippen LogP contribution in [0, 0.1) is 18.7 Å². The number of halogens is 1. The monoisotopic (exact) mass is 1190 g/mol. The fourth-order valence-electron chi connectivity index (χ4n) is 13.8. The molecule has 3 N–H and O–H groups in total. The Balaban J connectivity index is 0.000000153. The van der Waals surface area contributed by atoms with Gasteiger partial charge in [0, 0.05) is 94.9 Å². The summed E-state index contributed by atoms with van der Waals surface area (Å²) in [5, 5.41) is 23.7. The van der Waals surface area contributed by atoms with Gasteiger partial charge in [-0.2, -0.15) is 9.97 Å². The maximum atomic E-state index is 16.2. The highest BCUT2D eigenvalue weighted by Gasteiger charge is 2.41. The zero-order valence-electron chi connectivity index (χ0n) is 50.5. The molecule has 3 amide bonds. The van der Waals surface area contributed by atoms with Crippen molar-refractivity contribution >= 4 is 62.9 Å². The number of piperazine rings is 2. The number of anilines is 2. The number of methoxy groups -OCH3 is 2. The molecule has 7 unspecified atom stereocenters. The maximum Gasteiger partial charge on any atom is 0.318 e. The first-order chi connectivity index (χ1) is 41.7. The molecule has 456 valence electrons. The van der Waals surface area contributed by atoms with Gasteiger partial charge in [-0.25, -0.2) is 9.37 Å². The summed E-state index contributed by atoms with van der Waals surface area (Å²) in [6, 6.07) is 21.0. The quantitative estimate of drug-likeness (QED) is 0.0817. The van der Waals surface area contributed by atoms with Crippen LogP contribution in [0.2, 0.25) is 0 Å². The highest BCUT2D eigenvalue weighted by Crippen LogP contribution is 2.40. The number of amides is 3. The first-order valence-corrected chi connectivity index (χ1v) is 31.5. The maximum absolute atomic E-state index is 16.2. The zero-order valence-corrected chi connectivity index (χ0v) is 51.3. The molecule has 0 saturated carbocycles. The predicted octanol–water partition coefficient (Wildman–Crippen LogP) is 9.45. The highest BCUT2D eigenvalue weighted by molar-refractivity contribution is 7.13. The van der Waals surface area contributed by atoms with Crippen LogP contribution in [-0.4, -0.2) is 167 Å². The predicted molar refractivity (Wildman–Crippen MR) is 332 cm³/mol. The topological polar surface area (TPSA) is 208 Å². The number of hydrogen-bond acceptors (Lipinski definition) is 17. The minimum absolute atomic E-state index is 0.0425. The number of aryl methyl sites for hydroxylation is 2. The van der Waals surface area contributed by atoms with E-state index in [1.807, 2.05) is 76.7 Å². The zero-order chi connectivity index (χ0) is 60.2. The molecule has 7 aromatic rings. The van der Waals surface area contributed by atoms with Crippen LogP contribution in [0.4, 0.5) is 16.0 Å². The lowest BCUT2D eigenvalue weighted by Crippen LogP contribution is -2.51. The van der Waals surface area contributed by atoms with Crippen molar-refractivity contribution in [3.8, 4) is 33.5 Å². The molecule has 2 bridgehead atoms. The summed E-state index contributed by atoms with van der Waals surface area (Å²) in [5.41, 5.74) is 6.90. The first kappa shape index (κ1) is 60.4. The van der Waals surface area contributed by atoms with Crippen molar-refractivity contribution in [2.45, 2.75) is 135 Å². The number of pyridine rings is 1. The Hall–Kier alpha value is -7.33. The molecule has 7 atom stereocenters. The summed E-state index contributed by atoms with van der Waals surface area (Å²) >= 11 is 1.61. The van der Waals surface area contributed by atoms with Crippen molar-refractivity contribution in [3.63, 3.8) is 0 Å². The molecule has 19 nitrogen and oxygen atoms in total. The number of phenolic OH excluding ortho intramolecular Hbond substituents is 1. The Morgan fingerprint density at radius 2 is 1.67 bits per heavy atom. The summed E-state index contributed by atoms with van der Waals surface area (Å²) in [6.45, 7) is 16.9. The van der Waals surface area contributed by atoms with Gasteiger partial charge in [-0.1, -0.05) is 68.4 Å². The second kappa shape index (κ2) is 26.7. The van der Waals surface area contributed by atoms with Crippen molar-refractivity contribution in [2.75, 3.05) is 83.0 Å². The van der Waals surface area contributed by atoms with Crippen molar-refractivity contribution in [2.24, 2.45) is 5.92 Å². The second-order valence-electron chi connectivity index (χ2n) is 24.1. The fourth-order valence-corrected chi connectivity index (χ4v) is 14.6. The molecule has 21 heteroatoms. The van der Waals surface area contributed by atoms with Gasteiger partial charge in [-0.3, -0.25) is 24.3 Å². The third-order valence-corrected chi connectivity index (χ3v) is 19.2. The number of phenols is 1. The van der Waals surface area contributed by atoms with Gasteiger partial charge in [-0.15, -0.1) is 11.3 Å². The third-order valence-electron chi connectivity index (χ3n) is 18.3. The minimum atomic E-state index is -0.546. The Labute approximate surface area is 506 Å². The van der Waals surface area contributed by atoms with E-state index in [1.165, 1.54) is 39.3 Å². The second-order valence-corrected chi connectivity index (χ2v) is 24.9. The summed E-state index contributed by atoms with van der Waals surface area (Å²) in [6.07, 6.45) is 12.5. The average molecular weight is 1190 g/mol. The lowest BCUT2D eigenvalue weighted by atomic mass is 9.91. The van der Waals surface area contributed by atoms with E-state index in [2.05, 4.69) is 69.5 Å². The number of thiazole rings is 1. The van der Waals surface area contributed by atoms with E-state index in [9.17, 15) is 19.5 Å². The Bertz CT molecular complexity index is 3510. The molecular formula is C65H81FN12O7S. The van der Waals surface area contributed by atoms with Gasteiger partial charge in [0.2, 0.25) is 18.2 Å². The van der Waals surface area contributed by atoms with Gasteiger partial charge in [0.05, 0.1) is 41.2 Å². The number of aromatic nitrogens is 5. The van der Waals surface area contributed by atoms with Gasteiger partial charge >= 0.3 is 6.01 Å². The molecule has 6 fully saturated rings. The summed E-state index contributed by atoms with van der Waals surface area (Å²) < 4.78 is 32.4. The summed E-state index contributed by atoms with van der Waals surface area (Å²) in [4.78, 5) is 67.7. The summed E-state index contributed by atoms with van der Waals surface area (Å²) in [7, 11) is 3.30. The molecule has 0 radical (unpaired) electrons. The third kappa shape index (κ3) is 12.7. The number of nitrogens with zero attached hydrogens (tertiary/aromatic N) is 10. The van der Waals surface area contributed by atoms with Crippen LogP contribution in [0.5, 0.6) is 11.8 Å². The number of ether oxygens (including phenoxy) is 2. The fraction of sp³-hybridized carbons (Fsp3) is 0.508.